The summed E-state index contributed by atoms with van der Waals surface area (Å²) in [7, 11) is 0. The van der Waals surface area contributed by atoms with E-state index in [-0.39, 0.29) is 17.6 Å². The second kappa shape index (κ2) is 8.73. The Labute approximate surface area is 182 Å². The Morgan fingerprint density at radius 1 is 1.00 bits per heavy atom. The summed E-state index contributed by atoms with van der Waals surface area (Å²) >= 11 is 0. The average molecular weight is 426 g/mol. The first-order valence-corrected chi connectivity index (χ1v) is 11.5. The molecule has 2 saturated heterocycles. The van der Waals surface area contributed by atoms with Crippen molar-refractivity contribution < 1.29 is 13.9 Å². The fraction of sp³-hybridized carbons (Fsp3) is 0.583. The molecule has 1 atom stereocenters. The number of aryl methyl sites for hydroxylation is 2. The first-order valence-electron chi connectivity index (χ1n) is 11.5. The van der Waals surface area contributed by atoms with Crippen molar-refractivity contribution in [2.75, 3.05) is 52.5 Å². The SMILES string of the molecule is CC(C(=O)N1CCOCC1)N1CCN(Cc2cc(=O)oc3cc4c(cc23)CCC4)CC1. The molecule has 31 heavy (non-hydrogen) atoms. The molecule has 3 aliphatic rings. The van der Waals surface area contributed by atoms with Crippen LogP contribution in [0.2, 0.25) is 0 Å². The van der Waals surface area contributed by atoms with E-state index in [0.29, 0.717) is 31.9 Å². The van der Waals surface area contributed by atoms with E-state index in [9.17, 15) is 9.59 Å². The molecule has 0 spiro atoms. The van der Waals surface area contributed by atoms with Gasteiger partial charge in [-0.1, -0.05) is 0 Å². The molecule has 1 aromatic heterocycles. The number of amides is 1. The van der Waals surface area contributed by atoms with Crippen LogP contribution in [0.3, 0.4) is 0 Å². The van der Waals surface area contributed by atoms with Gasteiger partial charge < -0.3 is 14.1 Å². The van der Waals surface area contributed by atoms with E-state index in [0.717, 1.165) is 56.5 Å². The average Bonchev–Trinajstić information content (AvgIpc) is 3.25. The number of carbonyl (C=O) groups excluding carboxylic acids is 1. The van der Waals surface area contributed by atoms with Gasteiger partial charge in [-0.25, -0.2) is 4.79 Å². The Hall–Kier alpha value is -2.22. The molecular formula is C24H31N3O4. The van der Waals surface area contributed by atoms with Crippen molar-refractivity contribution in [3.8, 4) is 0 Å². The van der Waals surface area contributed by atoms with Gasteiger partial charge in [0.1, 0.15) is 5.58 Å². The van der Waals surface area contributed by atoms with Crippen molar-refractivity contribution in [1.82, 2.24) is 14.7 Å². The second-order valence-corrected chi connectivity index (χ2v) is 8.99. The maximum Gasteiger partial charge on any atom is 0.336 e. The largest absolute Gasteiger partial charge is 0.423 e. The van der Waals surface area contributed by atoms with Gasteiger partial charge in [-0.3, -0.25) is 14.6 Å². The van der Waals surface area contributed by atoms with Gasteiger partial charge in [0.2, 0.25) is 5.91 Å². The van der Waals surface area contributed by atoms with Gasteiger partial charge >= 0.3 is 5.63 Å². The number of fused-ring (bicyclic) bond motifs is 2. The number of carbonyl (C=O) groups is 1. The van der Waals surface area contributed by atoms with Crippen LogP contribution in [0.4, 0.5) is 0 Å². The van der Waals surface area contributed by atoms with Gasteiger partial charge in [0.05, 0.1) is 19.3 Å². The third-order valence-electron chi connectivity index (χ3n) is 7.07. The zero-order chi connectivity index (χ0) is 21.4. The van der Waals surface area contributed by atoms with E-state index in [1.54, 1.807) is 6.07 Å². The molecular weight excluding hydrogens is 394 g/mol. The van der Waals surface area contributed by atoms with Gasteiger partial charge in [-0.15, -0.1) is 0 Å². The van der Waals surface area contributed by atoms with Crippen molar-refractivity contribution in [1.29, 1.82) is 0 Å². The molecule has 7 nitrogen and oxygen atoms in total. The Kier molecular flexibility index (Phi) is 5.82. The summed E-state index contributed by atoms with van der Waals surface area (Å²) in [4.78, 5) is 31.6. The zero-order valence-corrected chi connectivity index (χ0v) is 18.3. The van der Waals surface area contributed by atoms with Crippen molar-refractivity contribution in [2.24, 2.45) is 0 Å². The van der Waals surface area contributed by atoms with Crippen molar-refractivity contribution >= 4 is 16.9 Å². The van der Waals surface area contributed by atoms with Crippen molar-refractivity contribution in [3.63, 3.8) is 0 Å². The summed E-state index contributed by atoms with van der Waals surface area (Å²) in [5, 5.41) is 1.07. The maximum absolute atomic E-state index is 12.8. The standard InChI is InChI=1S/C24H31N3O4/c1-17(24(29)27-9-11-30-12-10-27)26-7-5-25(6-8-26)16-20-15-23(28)31-22-14-19-4-2-3-18(19)13-21(20)22/h13-15,17H,2-12,16H2,1H3. The highest BCUT2D eigenvalue weighted by Gasteiger charge is 2.29. The number of ether oxygens (including phenoxy) is 1. The summed E-state index contributed by atoms with van der Waals surface area (Å²) in [5.41, 5.74) is 4.20. The minimum atomic E-state index is -0.274. The molecule has 1 unspecified atom stereocenters. The number of hydrogen-bond acceptors (Lipinski definition) is 6. The minimum absolute atomic E-state index is 0.104. The van der Waals surface area contributed by atoms with Crippen LogP contribution in [-0.4, -0.2) is 79.1 Å². The quantitative estimate of drug-likeness (QED) is 0.694. The van der Waals surface area contributed by atoms with Crippen LogP contribution in [0.1, 0.15) is 30.0 Å². The van der Waals surface area contributed by atoms with E-state index in [2.05, 4.69) is 21.9 Å². The molecule has 1 aliphatic carbocycles. The van der Waals surface area contributed by atoms with Gasteiger partial charge in [0, 0.05) is 57.3 Å². The molecule has 1 aromatic carbocycles. The highest BCUT2D eigenvalue weighted by molar-refractivity contribution is 5.82. The highest BCUT2D eigenvalue weighted by atomic mass is 16.5. The number of piperazine rings is 1. The van der Waals surface area contributed by atoms with Crippen LogP contribution in [0, 0.1) is 0 Å². The molecule has 0 N–H and O–H groups in total. The van der Waals surface area contributed by atoms with Crippen LogP contribution >= 0.6 is 0 Å². The van der Waals surface area contributed by atoms with Crippen molar-refractivity contribution in [2.45, 2.75) is 38.8 Å². The molecule has 5 rings (SSSR count). The van der Waals surface area contributed by atoms with Gasteiger partial charge in [-0.2, -0.15) is 0 Å². The predicted octanol–water partition coefficient (Wildman–Crippen LogP) is 1.65. The lowest BCUT2D eigenvalue weighted by atomic mass is 10.0. The zero-order valence-electron chi connectivity index (χ0n) is 18.3. The lowest BCUT2D eigenvalue weighted by Crippen LogP contribution is -2.55. The van der Waals surface area contributed by atoms with Crippen LogP contribution in [0.5, 0.6) is 0 Å². The van der Waals surface area contributed by atoms with Crippen LogP contribution in [0.25, 0.3) is 11.0 Å². The molecule has 0 saturated carbocycles. The first-order chi connectivity index (χ1) is 15.1. The molecule has 3 heterocycles. The monoisotopic (exact) mass is 425 g/mol. The molecule has 2 aromatic rings. The molecule has 1 amide bonds. The molecule has 0 bridgehead atoms. The van der Waals surface area contributed by atoms with E-state index >= 15 is 0 Å². The molecule has 7 heteroatoms. The summed E-state index contributed by atoms with van der Waals surface area (Å²) in [5.74, 6) is 0.206. The van der Waals surface area contributed by atoms with E-state index < -0.39 is 0 Å². The van der Waals surface area contributed by atoms with Crippen LogP contribution < -0.4 is 5.63 Å². The smallest absolute Gasteiger partial charge is 0.336 e. The topological polar surface area (TPSA) is 66.2 Å². The number of morpholine rings is 1. The second-order valence-electron chi connectivity index (χ2n) is 8.99. The minimum Gasteiger partial charge on any atom is -0.423 e. The normalized spacial score (nSPS) is 21.4. The Bertz CT molecular complexity index is 1020. The van der Waals surface area contributed by atoms with Gasteiger partial charge in [0.15, 0.2) is 0 Å². The lowest BCUT2D eigenvalue weighted by Gasteiger charge is -2.39. The molecule has 2 aliphatic heterocycles. The number of hydrogen-bond donors (Lipinski definition) is 0. The van der Waals surface area contributed by atoms with Crippen molar-refractivity contribution in [3.05, 3.63) is 45.3 Å². The predicted molar refractivity (Wildman–Crippen MR) is 118 cm³/mol. The lowest BCUT2D eigenvalue weighted by molar-refractivity contribution is -0.141. The third-order valence-corrected chi connectivity index (χ3v) is 7.07. The van der Waals surface area contributed by atoms with Crippen LogP contribution in [0.15, 0.2) is 27.4 Å². The molecule has 0 radical (unpaired) electrons. The van der Waals surface area contributed by atoms with E-state index in [4.69, 9.17) is 9.15 Å². The fourth-order valence-corrected chi connectivity index (χ4v) is 5.18. The Morgan fingerprint density at radius 2 is 1.71 bits per heavy atom. The summed E-state index contributed by atoms with van der Waals surface area (Å²) in [6.45, 7) is 8.87. The maximum atomic E-state index is 12.8. The summed E-state index contributed by atoms with van der Waals surface area (Å²) in [6.07, 6.45) is 3.36. The highest BCUT2D eigenvalue weighted by Crippen LogP contribution is 2.29. The first kappa shape index (κ1) is 20.7. The van der Waals surface area contributed by atoms with Crippen LogP contribution in [-0.2, 0) is 28.9 Å². The number of rotatable bonds is 4. The number of benzene rings is 1. The fourth-order valence-electron chi connectivity index (χ4n) is 5.18. The molecule has 2 fully saturated rings. The summed E-state index contributed by atoms with van der Waals surface area (Å²) in [6, 6.07) is 5.85. The van der Waals surface area contributed by atoms with E-state index in [1.165, 1.54) is 17.5 Å². The van der Waals surface area contributed by atoms with Gasteiger partial charge in [-0.05, 0) is 55.0 Å². The number of nitrogens with zero attached hydrogens (tertiary/aromatic N) is 3. The Balaban J connectivity index is 1.25. The third kappa shape index (κ3) is 4.27. The summed E-state index contributed by atoms with van der Waals surface area (Å²) < 4.78 is 10.9. The molecule has 166 valence electrons. The Morgan fingerprint density at radius 3 is 2.45 bits per heavy atom. The van der Waals surface area contributed by atoms with Gasteiger partial charge in [0.25, 0.3) is 0 Å². The van der Waals surface area contributed by atoms with E-state index in [1.807, 2.05) is 11.8 Å².